The van der Waals surface area contributed by atoms with Crippen LogP contribution in [0.15, 0.2) is 21.1 Å². The first kappa shape index (κ1) is 17.5. The summed E-state index contributed by atoms with van der Waals surface area (Å²) in [6.45, 7) is 8.91. The Morgan fingerprint density at radius 1 is 1.20 bits per heavy atom. The number of halogens is 2. The van der Waals surface area contributed by atoms with Crippen molar-refractivity contribution >= 4 is 43.5 Å². The molecule has 0 radical (unpaired) electrons. The number of rotatable bonds is 6. The van der Waals surface area contributed by atoms with Crippen molar-refractivity contribution in [2.75, 3.05) is 11.9 Å². The summed E-state index contributed by atoms with van der Waals surface area (Å²) < 4.78 is 1.90. The minimum atomic E-state index is -0.280. The van der Waals surface area contributed by atoms with E-state index in [-0.39, 0.29) is 11.9 Å². The standard InChI is InChI=1S/C15H22Br2N2O/c1-9(2)5-6-18-15(20)11(4)19-14-12(16)7-10(3)8-13(14)17/h7-9,11,19H,5-6H2,1-4H3,(H,18,20). The molecule has 20 heavy (non-hydrogen) atoms. The van der Waals surface area contributed by atoms with E-state index in [4.69, 9.17) is 0 Å². The second kappa shape index (κ2) is 8.03. The maximum absolute atomic E-state index is 12.0. The van der Waals surface area contributed by atoms with Crippen LogP contribution >= 0.6 is 31.9 Å². The van der Waals surface area contributed by atoms with E-state index in [1.807, 2.05) is 26.0 Å². The fraction of sp³-hybridized carbons (Fsp3) is 0.533. The second-order valence-electron chi connectivity index (χ2n) is 5.44. The third-order valence-corrected chi connectivity index (χ3v) is 4.21. The van der Waals surface area contributed by atoms with E-state index in [2.05, 4.69) is 56.3 Å². The number of amides is 1. The minimum absolute atomic E-state index is 0.0185. The van der Waals surface area contributed by atoms with Crippen molar-refractivity contribution in [3.63, 3.8) is 0 Å². The van der Waals surface area contributed by atoms with Crippen molar-refractivity contribution < 1.29 is 4.79 Å². The predicted molar refractivity (Wildman–Crippen MR) is 92.1 cm³/mol. The van der Waals surface area contributed by atoms with Crippen LogP contribution in [0.4, 0.5) is 5.69 Å². The molecule has 0 aliphatic carbocycles. The van der Waals surface area contributed by atoms with E-state index < -0.39 is 0 Å². The zero-order valence-corrected chi connectivity index (χ0v) is 15.6. The lowest BCUT2D eigenvalue weighted by molar-refractivity contribution is -0.121. The molecule has 1 aromatic rings. The fourth-order valence-electron chi connectivity index (χ4n) is 1.76. The maximum Gasteiger partial charge on any atom is 0.242 e. The van der Waals surface area contributed by atoms with Gasteiger partial charge in [0, 0.05) is 15.5 Å². The summed E-state index contributed by atoms with van der Waals surface area (Å²) in [6.07, 6.45) is 0.996. The molecule has 2 N–H and O–H groups in total. The topological polar surface area (TPSA) is 41.1 Å². The zero-order chi connectivity index (χ0) is 15.3. The summed E-state index contributed by atoms with van der Waals surface area (Å²) >= 11 is 7.05. The first-order chi connectivity index (χ1) is 9.31. The van der Waals surface area contributed by atoms with Gasteiger partial charge in [-0.05, 0) is 75.7 Å². The molecule has 0 fully saturated rings. The van der Waals surface area contributed by atoms with Gasteiger partial charge >= 0.3 is 0 Å². The molecule has 0 spiro atoms. The normalized spacial score (nSPS) is 12.3. The van der Waals surface area contributed by atoms with E-state index in [1.165, 1.54) is 0 Å². The quantitative estimate of drug-likeness (QED) is 0.732. The van der Waals surface area contributed by atoms with Crippen LogP contribution in [0.2, 0.25) is 0 Å². The molecule has 1 atom stereocenters. The lowest BCUT2D eigenvalue weighted by Crippen LogP contribution is -2.38. The molecule has 0 saturated heterocycles. The Labute approximate surface area is 138 Å². The molecule has 0 aromatic heterocycles. The van der Waals surface area contributed by atoms with Crippen LogP contribution in [0.3, 0.4) is 0 Å². The summed E-state index contributed by atoms with van der Waals surface area (Å²) in [5.74, 6) is 0.615. The molecule has 112 valence electrons. The van der Waals surface area contributed by atoms with E-state index in [9.17, 15) is 4.79 Å². The van der Waals surface area contributed by atoms with Crippen LogP contribution in [0, 0.1) is 12.8 Å². The Hall–Kier alpha value is -0.550. The number of nitrogens with one attached hydrogen (secondary N) is 2. The molecular weight excluding hydrogens is 384 g/mol. The molecule has 5 heteroatoms. The van der Waals surface area contributed by atoms with Crippen LogP contribution in [-0.4, -0.2) is 18.5 Å². The van der Waals surface area contributed by atoms with Gasteiger partial charge in [0.2, 0.25) is 5.91 Å². The average molecular weight is 406 g/mol. The third kappa shape index (κ3) is 5.44. The number of hydrogen-bond donors (Lipinski definition) is 2. The highest BCUT2D eigenvalue weighted by atomic mass is 79.9. The molecule has 1 rings (SSSR count). The lowest BCUT2D eigenvalue weighted by Gasteiger charge is -2.18. The van der Waals surface area contributed by atoms with E-state index in [0.717, 1.165) is 33.2 Å². The van der Waals surface area contributed by atoms with E-state index >= 15 is 0 Å². The Balaban J connectivity index is 2.62. The molecule has 0 bridgehead atoms. The third-order valence-electron chi connectivity index (χ3n) is 2.96. The van der Waals surface area contributed by atoms with Crippen LogP contribution in [-0.2, 0) is 4.79 Å². The van der Waals surface area contributed by atoms with Gasteiger partial charge in [0.15, 0.2) is 0 Å². The van der Waals surface area contributed by atoms with Crippen LogP contribution in [0.5, 0.6) is 0 Å². The molecule has 1 aromatic carbocycles. The first-order valence-corrected chi connectivity index (χ1v) is 8.39. The maximum atomic E-state index is 12.0. The molecule has 0 heterocycles. The predicted octanol–water partition coefficient (Wildman–Crippen LogP) is 4.48. The Kier molecular flexibility index (Phi) is 7.03. The number of benzene rings is 1. The summed E-state index contributed by atoms with van der Waals surface area (Å²) in [5, 5.41) is 6.19. The van der Waals surface area contributed by atoms with E-state index in [1.54, 1.807) is 0 Å². The first-order valence-electron chi connectivity index (χ1n) is 6.81. The number of aryl methyl sites for hydroxylation is 1. The van der Waals surface area contributed by atoms with Crippen LogP contribution in [0.25, 0.3) is 0 Å². The van der Waals surface area contributed by atoms with Gasteiger partial charge in [0.1, 0.15) is 6.04 Å². The fourth-order valence-corrected chi connectivity index (χ4v) is 3.40. The van der Waals surface area contributed by atoms with E-state index in [0.29, 0.717) is 5.92 Å². The smallest absolute Gasteiger partial charge is 0.242 e. The lowest BCUT2D eigenvalue weighted by atomic mass is 10.1. The van der Waals surface area contributed by atoms with Crippen molar-refractivity contribution in [2.45, 2.75) is 40.2 Å². The van der Waals surface area contributed by atoms with Crippen molar-refractivity contribution in [2.24, 2.45) is 5.92 Å². The van der Waals surface area contributed by atoms with Crippen LogP contribution in [0.1, 0.15) is 32.8 Å². The molecular formula is C15H22Br2N2O. The van der Waals surface area contributed by atoms with Gasteiger partial charge in [-0.15, -0.1) is 0 Å². The molecule has 0 aliphatic heterocycles. The average Bonchev–Trinajstić information content (AvgIpc) is 2.32. The summed E-state index contributed by atoms with van der Waals surface area (Å²) in [4.78, 5) is 12.0. The highest BCUT2D eigenvalue weighted by Crippen LogP contribution is 2.32. The van der Waals surface area contributed by atoms with Gasteiger partial charge in [-0.3, -0.25) is 4.79 Å². The molecule has 0 saturated carbocycles. The Morgan fingerprint density at radius 3 is 2.25 bits per heavy atom. The Bertz CT molecular complexity index is 452. The number of hydrogen-bond acceptors (Lipinski definition) is 2. The molecule has 3 nitrogen and oxygen atoms in total. The summed E-state index contributed by atoms with van der Waals surface area (Å²) in [6, 6.07) is 3.77. The SMILES string of the molecule is Cc1cc(Br)c(NC(C)C(=O)NCCC(C)C)c(Br)c1. The highest BCUT2D eigenvalue weighted by Gasteiger charge is 2.15. The van der Waals surface area contributed by atoms with Crippen LogP contribution < -0.4 is 10.6 Å². The largest absolute Gasteiger partial charge is 0.372 e. The minimum Gasteiger partial charge on any atom is -0.372 e. The Morgan fingerprint density at radius 2 is 1.75 bits per heavy atom. The monoisotopic (exact) mass is 404 g/mol. The number of carbonyl (C=O) groups is 1. The van der Waals surface area contributed by atoms with Gasteiger partial charge in [0.25, 0.3) is 0 Å². The zero-order valence-electron chi connectivity index (χ0n) is 12.4. The van der Waals surface area contributed by atoms with Gasteiger partial charge in [-0.25, -0.2) is 0 Å². The highest BCUT2D eigenvalue weighted by molar-refractivity contribution is 9.11. The molecule has 0 aliphatic rings. The molecule has 1 unspecified atom stereocenters. The number of anilines is 1. The summed E-state index contributed by atoms with van der Waals surface area (Å²) in [5.41, 5.74) is 2.06. The van der Waals surface area contributed by atoms with Gasteiger partial charge in [0.05, 0.1) is 5.69 Å². The van der Waals surface area contributed by atoms with Crippen molar-refractivity contribution in [1.29, 1.82) is 0 Å². The van der Waals surface area contributed by atoms with Crippen molar-refractivity contribution in [1.82, 2.24) is 5.32 Å². The second-order valence-corrected chi connectivity index (χ2v) is 7.15. The summed E-state index contributed by atoms with van der Waals surface area (Å²) in [7, 11) is 0. The van der Waals surface area contributed by atoms with Crippen molar-refractivity contribution in [3.8, 4) is 0 Å². The van der Waals surface area contributed by atoms with Crippen molar-refractivity contribution in [3.05, 3.63) is 26.6 Å². The molecule has 1 amide bonds. The van der Waals surface area contributed by atoms with Gasteiger partial charge in [-0.2, -0.15) is 0 Å². The van der Waals surface area contributed by atoms with Gasteiger partial charge < -0.3 is 10.6 Å². The van der Waals surface area contributed by atoms with Gasteiger partial charge in [-0.1, -0.05) is 13.8 Å². The number of carbonyl (C=O) groups excluding carboxylic acids is 1.